The molecule has 2 saturated heterocycles. The van der Waals surface area contributed by atoms with E-state index in [9.17, 15) is 19.8 Å². The van der Waals surface area contributed by atoms with Gasteiger partial charge >= 0.3 is 5.97 Å². The molecule has 0 radical (unpaired) electrons. The van der Waals surface area contributed by atoms with Gasteiger partial charge in [-0.05, 0) is 31.9 Å². The Kier molecular flexibility index (Phi) is 9.75. The van der Waals surface area contributed by atoms with Crippen molar-refractivity contribution in [3.8, 4) is 0 Å². The van der Waals surface area contributed by atoms with Crippen LogP contribution in [-0.4, -0.2) is 69.6 Å². The lowest BCUT2D eigenvalue weighted by Gasteiger charge is -2.35. The molecule has 0 aromatic carbocycles. The van der Waals surface area contributed by atoms with Gasteiger partial charge in [-0.15, -0.1) is 17.9 Å². The minimum absolute atomic E-state index is 0.0786. The summed E-state index contributed by atoms with van der Waals surface area (Å²) in [6.07, 6.45) is 0.0962. The number of carbonyl (C=O) groups is 2. The second-order valence-electron chi connectivity index (χ2n) is 10.7. The summed E-state index contributed by atoms with van der Waals surface area (Å²) in [6, 6.07) is 0. The van der Waals surface area contributed by atoms with Gasteiger partial charge in [-0.3, -0.25) is 9.59 Å². The summed E-state index contributed by atoms with van der Waals surface area (Å²) in [7, 11) is 0. The second kappa shape index (κ2) is 12.1. The predicted octanol–water partition coefficient (Wildman–Crippen LogP) is 4.06. The van der Waals surface area contributed by atoms with Crippen LogP contribution in [0, 0.1) is 24.2 Å². The number of rotatable bonds is 4. The lowest BCUT2D eigenvalue weighted by Crippen LogP contribution is -2.47. The maximum atomic E-state index is 13.5. The molecule has 0 aliphatic carbocycles. The van der Waals surface area contributed by atoms with Gasteiger partial charge in [0.2, 0.25) is 0 Å². The largest absolute Gasteiger partial charge is 0.458 e. The smallest absolute Gasteiger partial charge is 0.309 e. The molecule has 0 amide bonds. The molecule has 10 heteroatoms. The first kappa shape index (κ1) is 29.9. The fourth-order valence-corrected chi connectivity index (χ4v) is 5.41. The van der Waals surface area contributed by atoms with Crippen molar-refractivity contribution >= 4 is 40.8 Å². The van der Waals surface area contributed by atoms with Crippen LogP contribution >= 0.6 is 22.9 Å². The molecule has 2 aliphatic heterocycles. The van der Waals surface area contributed by atoms with Crippen LogP contribution in [0.15, 0.2) is 23.6 Å². The van der Waals surface area contributed by atoms with Gasteiger partial charge in [0, 0.05) is 23.6 Å². The van der Waals surface area contributed by atoms with Crippen LogP contribution in [-0.2, 0) is 23.8 Å². The maximum absolute atomic E-state index is 13.5. The molecule has 37 heavy (non-hydrogen) atoms. The fraction of sp³-hybridized carbons (Fsp3) is 0.667. The molecule has 3 heterocycles. The molecular formula is C27H38ClNO7S. The molecule has 206 valence electrons. The minimum atomic E-state index is -1.32. The van der Waals surface area contributed by atoms with Crippen LogP contribution in [0.1, 0.15) is 57.7 Å². The summed E-state index contributed by atoms with van der Waals surface area (Å²) in [5.74, 6) is -2.22. The maximum Gasteiger partial charge on any atom is 0.309 e. The average molecular weight is 556 g/mol. The van der Waals surface area contributed by atoms with E-state index in [-0.39, 0.29) is 31.8 Å². The van der Waals surface area contributed by atoms with E-state index < -0.39 is 52.7 Å². The highest BCUT2D eigenvalue weighted by molar-refractivity contribution is 7.09. The van der Waals surface area contributed by atoms with E-state index in [0.717, 1.165) is 16.3 Å². The SMILES string of the molecule is C=CC[C@H]1C(=O)C(C)(C)[C@@H](O)CC(=O)O[C@H](/C(C)=C/c2csc(C)n2)CC2OC2(Cl)COC[C@H](C)[C@@H]1O. The van der Waals surface area contributed by atoms with Crippen molar-refractivity contribution in [2.45, 2.75) is 83.4 Å². The first-order chi connectivity index (χ1) is 17.3. The van der Waals surface area contributed by atoms with E-state index in [1.807, 2.05) is 25.3 Å². The summed E-state index contributed by atoms with van der Waals surface area (Å²) in [5.41, 5.74) is 0.199. The molecule has 2 aliphatic rings. The highest BCUT2D eigenvalue weighted by atomic mass is 35.5. The van der Waals surface area contributed by atoms with Gasteiger partial charge in [0.1, 0.15) is 18.0 Å². The molecular weight excluding hydrogens is 518 g/mol. The Morgan fingerprint density at radius 3 is 2.68 bits per heavy atom. The number of hydrogen-bond donors (Lipinski definition) is 2. The van der Waals surface area contributed by atoms with E-state index in [1.165, 1.54) is 11.3 Å². The number of aliphatic hydroxyl groups excluding tert-OH is 2. The lowest BCUT2D eigenvalue weighted by atomic mass is 9.72. The number of aliphatic hydroxyl groups is 2. The highest BCUT2D eigenvalue weighted by Gasteiger charge is 2.57. The average Bonchev–Trinajstić information content (AvgIpc) is 3.27. The molecule has 7 atom stereocenters. The number of epoxide rings is 1. The van der Waals surface area contributed by atoms with Crippen molar-refractivity contribution in [1.82, 2.24) is 4.98 Å². The van der Waals surface area contributed by atoms with E-state index in [1.54, 1.807) is 26.8 Å². The standard InChI is InChI=1S/C27H38ClNO7S/c1-7-8-19-24(32)16(3)12-34-14-27(28)22(36-27)10-20(15(2)9-18-13-37-17(4)29-18)35-23(31)11-21(30)26(5,6)25(19)33/h7,9,13,16,19-22,24,30,32H,1,8,10-12,14H2,2-6H3/b15-9+/t16-,19+,20-,21-,22?,24-,27?/m0/s1. The third-order valence-electron chi connectivity index (χ3n) is 7.24. The van der Waals surface area contributed by atoms with Gasteiger partial charge in [-0.1, -0.05) is 38.4 Å². The number of nitrogens with zero attached hydrogens (tertiary/aromatic N) is 1. The summed E-state index contributed by atoms with van der Waals surface area (Å²) in [6.45, 7) is 12.6. The number of ether oxygens (including phenoxy) is 3. The third kappa shape index (κ3) is 7.28. The van der Waals surface area contributed by atoms with Crippen molar-refractivity contribution in [1.29, 1.82) is 0 Å². The van der Waals surface area contributed by atoms with E-state index in [0.29, 0.717) is 6.42 Å². The number of thiazole rings is 1. The first-order valence-electron chi connectivity index (χ1n) is 12.5. The van der Waals surface area contributed by atoms with Crippen molar-refractivity contribution in [3.63, 3.8) is 0 Å². The van der Waals surface area contributed by atoms with Gasteiger partial charge in [0.05, 0.1) is 48.0 Å². The Hall–Kier alpha value is -1.62. The molecule has 0 saturated carbocycles. The Morgan fingerprint density at radius 2 is 2.05 bits per heavy atom. The van der Waals surface area contributed by atoms with Gasteiger partial charge in [-0.2, -0.15) is 0 Å². The zero-order valence-corrected chi connectivity index (χ0v) is 23.7. The first-order valence-corrected chi connectivity index (χ1v) is 13.8. The van der Waals surface area contributed by atoms with Crippen LogP contribution in [0.25, 0.3) is 6.08 Å². The number of Topliss-reactive ketones (excluding diaryl/α,β-unsaturated/α-hetero) is 1. The summed E-state index contributed by atoms with van der Waals surface area (Å²) >= 11 is 8.12. The number of aryl methyl sites for hydroxylation is 1. The quantitative estimate of drug-likeness (QED) is 0.247. The number of aromatic nitrogens is 1. The molecule has 2 unspecified atom stereocenters. The molecule has 8 nitrogen and oxygen atoms in total. The third-order valence-corrected chi connectivity index (χ3v) is 8.48. The van der Waals surface area contributed by atoms with Crippen molar-refractivity contribution in [2.24, 2.45) is 17.3 Å². The number of allylic oxidation sites excluding steroid dienone is 1. The van der Waals surface area contributed by atoms with Gasteiger partial charge in [0.15, 0.2) is 5.06 Å². The van der Waals surface area contributed by atoms with E-state index in [2.05, 4.69) is 11.6 Å². The molecule has 0 bridgehead atoms. The summed E-state index contributed by atoms with van der Waals surface area (Å²) in [4.78, 5) is 30.9. The van der Waals surface area contributed by atoms with Gasteiger partial charge < -0.3 is 24.4 Å². The molecule has 1 aromatic heterocycles. The number of cyclic esters (lactones) is 1. The Labute approximate surface area is 227 Å². The number of ketones is 1. The highest BCUT2D eigenvalue weighted by Crippen LogP contribution is 2.45. The van der Waals surface area contributed by atoms with Crippen LogP contribution < -0.4 is 0 Å². The molecule has 2 fully saturated rings. The van der Waals surface area contributed by atoms with Crippen LogP contribution in [0.3, 0.4) is 0 Å². The molecule has 1 aromatic rings. The normalized spacial score (nSPS) is 35.9. The monoisotopic (exact) mass is 555 g/mol. The van der Waals surface area contributed by atoms with E-state index in [4.69, 9.17) is 25.8 Å². The Morgan fingerprint density at radius 1 is 1.35 bits per heavy atom. The summed E-state index contributed by atoms with van der Waals surface area (Å²) < 4.78 is 17.3. The number of esters is 1. The number of halogens is 1. The zero-order chi connectivity index (χ0) is 27.5. The van der Waals surface area contributed by atoms with E-state index >= 15 is 0 Å². The zero-order valence-electron chi connectivity index (χ0n) is 22.1. The molecule has 0 spiro atoms. The van der Waals surface area contributed by atoms with Crippen LogP contribution in [0.4, 0.5) is 0 Å². The van der Waals surface area contributed by atoms with Crippen LogP contribution in [0.5, 0.6) is 0 Å². The summed E-state index contributed by atoms with van der Waals surface area (Å²) in [5, 5.41) is 23.7. The lowest BCUT2D eigenvalue weighted by molar-refractivity contribution is -0.154. The number of fused-ring (bicyclic) bond motifs is 1. The Bertz CT molecular complexity index is 1020. The number of carbonyl (C=O) groups excluding carboxylic acids is 2. The molecule has 3 rings (SSSR count). The minimum Gasteiger partial charge on any atom is -0.458 e. The number of hydrogen-bond acceptors (Lipinski definition) is 9. The molecule has 2 N–H and O–H groups in total. The predicted molar refractivity (Wildman–Crippen MR) is 142 cm³/mol. The topological polar surface area (TPSA) is 118 Å². The van der Waals surface area contributed by atoms with Gasteiger partial charge in [0.25, 0.3) is 0 Å². The fourth-order valence-electron chi connectivity index (χ4n) is 4.57. The second-order valence-corrected chi connectivity index (χ2v) is 12.4. The van der Waals surface area contributed by atoms with Gasteiger partial charge in [-0.25, -0.2) is 4.98 Å². The van der Waals surface area contributed by atoms with Crippen LogP contribution in [0.2, 0.25) is 0 Å². The van der Waals surface area contributed by atoms with Crippen molar-refractivity contribution in [3.05, 3.63) is 34.3 Å². The number of alkyl halides is 1. The Balaban J connectivity index is 1.88. The van der Waals surface area contributed by atoms with Crippen molar-refractivity contribution < 1.29 is 34.0 Å². The van der Waals surface area contributed by atoms with Crippen molar-refractivity contribution in [2.75, 3.05) is 13.2 Å².